The Bertz CT molecular complexity index is 420. The largest absolute Gasteiger partial charge is 0.480 e. The number of carbonyl (C=O) groups excluding carboxylic acids is 1. The van der Waals surface area contributed by atoms with Crippen LogP contribution < -0.4 is 10.6 Å². The summed E-state index contributed by atoms with van der Waals surface area (Å²) < 4.78 is 1.57. The van der Waals surface area contributed by atoms with Gasteiger partial charge in [-0.05, 0) is 13.3 Å². The normalized spacial score (nSPS) is 13.6. The van der Waals surface area contributed by atoms with Crippen LogP contribution in [0.1, 0.15) is 26.7 Å². The van der Waals surface area contributed by atoms with Gasteiger partial charge in [0.25, 0.3) is 0 Å². The number of rotatable bonds is 7. The van der Waals surface area contributed by atoms with Gasteiger partial charge in [-0.3, -0.25) is 4.68 Å². The molecule has 0 radical (unpaired) electrons. The van der Waals surface area contributed by atoms with Crippen molar-refractivity contribution in [3.05, 3.63) is 12.4 Å². The summed E-state index contributed by atoms with van der Waals surface area (Å²) in [6, 6.07) is -0.501. The predicted molar refractivity (Wildman–Crippen MR) is 67.5 cm³/mol. The Balaban J connectivity index is 2.38. The molecule has 1 aromatic rings. The van der Waals surface area contributed by atoms with E-state index in [0.29, 0.717) is 25.9 Å². The molecule has 0 fully saturated rings. The Morgan fingerprint density at radius 2 is 2.21 bits per heavy atom. The number of carboxylic acid groups (broad SMARTS) is 1. The van der Waals surface area contributed by atoms with Crippen molar-refractivity contribution in [2.75, 3.05) is 6.54 Å². The van der Waals surface area contributed by atoms with E-state index in [4.69, 9.17) is 5.11 Å². The lowest BCUT2D eigenvalue weighted by molar-refractivity contribution is -0.144. The molecule has 0 saturated carbocycles. The van der Waals surface area contributed by atoms with Gasteiger partial charge in [-0.1, -0.05) is 18.6 Å². The van der Waals surface area contributed by atoms with Crippen LogP contribution in [0, 0.1) is 0 Å². The highest BCUT2D eigenvalue weighted by Crippen LogP contribution is 2.12. The molecule has 19 heavy (non-hydrogen) atoms. The minimum absolute atomic E-state index is 0.344. The van der Waals surface area contributed by atoms with Crippen LogP contribution in [-0.4, -0.2) is 44.2 Å². The number of carbonyl (C=O) groups is 2. The van der Waals surface area contributed by atoms with Gasteiger partial charge in [-0.15, -0.1) is 5.10 Å². The molecule has 0 bridgehead atoms. The molecule has 1 aromatic heterocycles. The monoisotopic (exact) mass is 269 g/mol. The summed E-state index contributed by atoms with van der Waals surface area (Å²) in [5, 5.41) is 21.6. The van der Waals surface area contributed by atoms with E-state index in [1.807, 2.05) is 6.92 Å². The zero-order valence-electron chi connectivity index (χ0n) is 11.1. The molecular formula is C11H19N5O3. The second-order valence-electron chi connectivity index (χ2n) is 4.43. The van der Waals surface area contributed by atoms with E-state index >= 15 is 0 Å². The second kappa shape index (κ2) is 6.72. The van der Waals surface area contributed by atoms with E-state index < -0.39 is 17.5 Å². The fourth-order valence-electron chi connectivity index (χ4n) is 1.65. The molecule has 0 saturated heterocycles. The number of aliphatic carboxylic acids is 1. The Labute approximate surface area is 111 Å². The van der Waals surface area contributed by atoms with Crippen LogP contribution in [0.15, 0.2) is 12.4 Å². The number of urea groups is 1. The Morgan fingerprint density at radius 1 is 1.47 bits per heavy atom. The van der Waals surface area contributed by atoms with Gasteiger partial charge in [0, 0.05) is 12.7 Å². The first-order valence-electron chi connectivity index (χ1n) is 6.11. The van der Waals surface area contributed by atoms with Gasteiger partial charge in [0.2, 0.25) is 0 Å². The lowest BCUT2D eigenvalue weighted by Crippen LogP contribution is -2.55. The summed E-state index contributed by atoms with van der Waals surface area (Å²) in [6.45, 7) is 4.18. The number of amides is 2. The minimum Gasteiger partial charge on any atom is -0.480 e. The quantitative estimate of drug-likeness (QED) is 0.656. The molecule has 3 N–H and O–H groups in total. The zero-order chi connectivity index (χ0) is 14.3. The molecule has 1 atom stereocenters. The summed E-state index contributed by atoms with van der Waals surface area (Å²) >= 11 is 0. The van der Waals surface area contributed by atoms with Crippen molar-refractivity contribution >= 4 is 12.0 Å². The molecule has 1 rings (SSSR count). The van der Waals surface area contributed by atoms with Crippen LogP contribution in [0.2, 0.25) is 0 Å². The third-order valence-corrected chi connectivity index (χ3v) is 2.71. The maximum absolute atomic E-state index is 11.6. The van der Waals surface area contributed by atoms with E-state index in [-0.39, 0.29) is 0 Å². The molecule has 8 heteroatoms. The van der Waals surface area contributed by atoms with E-state index in [9.17, 15) is 9.59 Å². The van der Waals surface area contributed by atoms with Crippen LogP contribution in [0.3, 0.4) is 0 Å². The van der Waals surface area contributed by atoms with Gasteiger partial charge in [0.15, 0.2) is 0 Å². The average Bonchev–Trinajstić information content (AvgIpc) is 2.82. The van der Waals surface area contributed by atoms with Crippen molar-refractivity contribution in [3.8, 4) is 0 Å². The number of aromatic nitrogens is 3. The Kier molecular flexibility index (Phi) is 5.28. The molecule has 2 amide bonds. The van der Waals surface area contributed by atoms with Crippen molar-refractivity contribution in [3.63, 3.8) is 0 Å². The maximum atomic E-state index is 11.6. The highest BCUT2D eigenvalue weighted by atomic mass is 16.4. The van der Waals surface area contributed by atoms with Gasteiger partial charge in [0.05, 0.1) is 12.7 Å². The maximum Gasteiger partial charge on any atom is 0.329 e. The molecule has 1 heterocycles. The molecule has 0 spiro atoms. The third-order valence-electron chi connectivity index (χ3n) is 2.71. The second-order valence-corrected chi connectivity index (χ2v) is 4.43. The van der Waals surface area contributed by atoms with Crippen molar-refractivity contribution in [2.45, 2.75) is 38.8 Å². The standard InChI is InChI=1S/C11H19N5O3/c1-3-4-11(2,9(17)18)14-10(19)12-5-7-16-8-6-13-15-16/h6,8H,3-5,7H2,1-2H3,(H,17,18)(H2,12,14,19). The van der Waals surface area contributed by atoms with Crippen LogP contribution in [0.5, 0.6) is 0 Å². The van der Waals surface area contributed by atoms with Crippen LogP contribution in [0.25, 0.3) is 0 Å². The first-order chi connectivity index (χ1) is 8.98. The summed E-state index contributed by atoms with van der Waals surface area (Å²) in [7, 11) is 0. The predicted octanol–water partition coefficient (Wildman–Crippen LogP) is 0.221. The number of hydrogen-bond acceptors (Lipinski definition) is 4. The van der Waals surface area contributed by atoms with Gasteiger partial charge in [-0.25, -0.2) is 9.59 Å². The van der Waals surface area contributed by atoms with Crippen molar-refractivity contribution in [1.82, 2.24) is 25.6 Å². The molecular weight excluding hydrogens is 250 g/mol. The van der Waals surface area contributed by atoms with Crippen LogP contribution in [-0.2, 0) is 11.3 Å². The molecule has 106 valence electrons. The number of hydrogen-bond donors (Lipinski definition) is 3. The molecule has 0 aliphatic carbocycles. The fourth-order valence-corrected chi connectivity index (χ4v) is 1.65. The van der Waals surface area contributed by atoms with Gasteiger partial charge in [-0.2, -0.15) is 0 Å². The molecule has 0 aliphatic heterocycles. The number of nitrogens with zero attached hydrogens (tertiary/aromatic N) is 3. The SMILES string of the molecule is CCCC(C)(NC(=O)NCCn1ccnn1)C(=O)O. The topological polar surface area (TPSA) is 109 Å². The van der Waals surface area contributed by atoms with Crippen molar-refractivity contribution < 1.29 is 14.7 Å². The highest BCUT2D eigenvalue weighted by molar-refractivity contribution is 5.85. The van der Waals surface area contributed by atoms with Gasteiger partial charge in [0.1, 0.15) is 5.54 Å². The summed E-state index contributed by atoms with van der Waals surface area (Å²) in [4.78, 5) is 22.8. The number of carboxylic acids is 1. The molecule has 0 aromatic carbocycles. The zero-order valence-corrected chi connectivity index (χ0v) is 11.1. The first-order valence-corrected chi connectivity index (χ1v) is 6.11. The Hall–Kier alpha value is -2.12. The first kappa shape index (κ1) is 14.9. The smallest absolute Gasteiger partial charge is 0.329 e. The lowest BCUT2D eigenvalue weighted by Gasteiger charge is -2.25. The number of nitrogens with one attached hydrogen (secondary N) is 2. The molecule has 1 unspecified atom stereocenters. The van der Waals surface area contributed by atoms with Crippen molar-refractivity contribution in [1.29, 1.82) is 0 Å². The van der Waals surface area contributed by atoms with E-state index in [0.717, 1.165) is 0 Å². The summed E-state index contributed by atoms with van der Waals surface area (Å²) in [5.41, 5.74) is -1.24. The van der Waals surface area contributed by atoms with E-state index in [1.54, 1.807) is 17.1 Å². The highest BCUT2D eigenvalue weighted by Gasteiger charge is 2.33. The van der Waals surface area contributed by atoms with E-state index in [2.05, 4.69) is 20.9 Å². The van der Waals surface area contributed by atoms with Gasteiger partial charge < -0.3 is 15.7 Å². The van der Waals surface area contributed by atoms with Gasteiger partial charge >= 0.3 is 12.0 Å². The summed E-state index contributed by atoms with van der Waals surface area (Å²) in [6.07, 6.45) is 4.27. The van der Waals surface area contributed by atoms with E-state index in [1.165, 1.54) is 6.92 Å². The minimum atomic E-state index is -1.24. The third kappa shape index (κ3) is 4.57. The molecule has 8 nitrogen and oxygen atoms in total. The lowest BCUT2D eigenvalue weighted by atomic mass is 9.97. The molecule has 0 aliphatic rings. The van der Waals surface area contributed by atoms with Crippen LogP contribution in [0.4, 0.5) is 4.79 Å². The summed E-state index contributed by atoms with van der Waals surface area (Å²) in [5.74, 6) is -1.04. The van der Waals surface area contributed by atoms with Crippen LogP contribution >= 0.6 is 0 Å². The Morgan fingerprint density at radius 3 is 2.74 bits per heavy atom. The average molecular weight is 269 g/mol. The fraction of sp³-hybridized carbons (Fsp3) is 0.636. The van der Waals surface area contributed by atoms with Crippen molar-refractivity contribution in [2.24, 2.45) is 0 Å².